The SMILES string of the molecule is COC(=O)[C@@](Cc1ccccc1)(NC(=O)OC(C)(C)C)C1=CN[C@](CC=O)(C(C)C)C1=O.COC(=O)[C@@](Cc1ccccc1)(NC(=O)OC(C)(C)C)C1=CN[C@](CCO)(C(C)C)C1=O. The lowest BCUT2D eigenvalue weighted by molar-refractivity contribution is -0.148. The van der Waals surface area contributed by atoms with E-state index in [0.717, 1.165) is 0 Å². The zero-order valence-corrected chi connectivity index (χ0v) is 39.1. The second-order valence-electron chi connectivity index (χ2n) is 18.5. The van der Waals surface area contributed by atoms with Crippen LogP contribution in [0.25, 0.3) is 0 Å². The third kappa shape index (κ3) is 11.8. The molecule has 0 bridgehead atoms. The van der Waals surface area contributed by atoms with Crippen molar-refractivity contribution in [3.63, 3.8) is 0 Å². The molecule has 0 saturated carbocycles. The van der Waals surface area contributed by atoms with Gasteiger partial charge in [-0.3, -0.25) is 9.59 Å². The Morgan fingerprint density at radius 1 is 0.656 bits per heavy atom. The van der Waals surface area contributed by atoms with E-state index in [0.29, 0.717) is 17.4 Å². The molecule has 0 fully saturated rings. The molecule has 2 aliphatic heterocycles. The smallest absolute Gasteiger partial charge is 0.408 e. The molecule has 2 aliphatic rings. The van der Waals surface area contributed by atoms with Gasteiger partial charge in [-0.05, 0) is 64.5 Å². The highest BCUT2D eigenvalue weighted by Crippen LogP contribution is 2.39. The van der Waals surface area contributed by atoms with Crippen LogP contribution < -0.4 is 21.3 Å². The van der Waals surface area contributed by atoms with E-state index in [2.05, 4.69) is 21.3 Å². The first-order chi connectivity index (χ1) is 29.8. The van der Waals surface area contributed by atoms with Crippen molar-refractivity contribution in [1.82, 2.24) is 21.3 Å². The molecule has 4 rings (SSSR count). The Bertz CT molecular complexity index is 2070. The molecular formula is C48H66N4O12. The molecule has 2 amide bonds. The number of aliphatic hydroxyl groups is 1. The summed E-state index contributed by atoms with van der Waals surface area (Å²) >= 11 is 0. The van der Waals surface area contributed by atoms with Gasteiger partial charge >= 0.3 is 24.1 Å². The van der Waals surface area contributed by atoms with Gasteiger partial charge in [0, 0.05) is 44.7 Å². The third-order valence-electron chi connectivity index (χ3n) is 11.2. The van der Waals surface area contributed by atoms with E-state index in [-0.39, 0.29) is 61.1 Å². The number of alkyl carbamates (subject to hydrolysis) is 2. The minimum absolute atomic E-state index is 0.00890. The van der Waals surface area contributed by atoms with Crippen LogP contribution in [0.3, 0.4) is 0 Å². The van der Waals surface area contributed by atoms with Crippen LogP contribution in [0.15, 0.2) is 84.2 Å². The second-order valence-corrected chi connectivity index (χ2v) is 18.5. The Morgan fingerprint density at radius 2 is 1.02 bits per heavy atom. The first-order valence-corrected chi connectivity index (χ1v) is 21.2. The summed E-state index contributed by atoms with van der Waals surface area (Å²) in [5.74, 6) is -2.89. The standard InChI is InChI=1S/C24H34N2O6.C24H32N2O6/c2*1-16(2)23(12-13-27)19(28)18(15-25-23)24(20(29)31-6,14-17-10-8-7-9-11-17)26-21(30)32-22(3,4)5/h7-11,15-16,25,27H,12-14H2,1-6H3,(H,26,30);7-11,13,15-16,25H,12,14H2,1-6H3,(H,26,30)/t2*23-,24+/m11/s1. The normalized spacial score (nSPS) is 20.2. The Hall–Kier alpha value is -6.03. The van der Waals surface area contributed by atoms with Gasteiger partial charge in [0.25, 0.3) is 0 Å². The molecule has 0 aliphatic carbocycles. The number of hydrogen-bond acceptors (Lipinski definition) is 14. The number of methoxy groups -OCH3 is 2. The molecule has 2 heterocycles. The second kappa shape index (κ2) is 21.1. The van der Waals surface area contributed by atoms with Crippen LogP contribution in [0.4, 0.5) is 9.59 Å². The summed E-state index contributed by atoms with van der Waals surface area (Å²) in [6, 6.07) is 18.0. The molecule has 4 atom stereocenters. The fraction of sp³-hybridized carbons (Fsp3) is 0.521. The number of carbonyl (C=O) groups excluding carboxylic acids is 7. The molecule has 2 aromatic carbocycles. The van der Waals surface area contributed by atoms with Crippen molar-refractivity contribution in [3.05, 3.63) is 95.3 Å². The van der Waals surface area contributed by atoms with Crippen molar-refractivity contribution in [1.29, 1.82) is 0 Å². The first-order valence-electron chi connectivity index (χ1n) is 21.2. The van der Waals surface area contributed by atoms with E-state index in [1.807, 2.05) is 39.8 Å². The van der Waals surface area contributed by atoms with Crippen LogP contribution in [0.2, 0.25) is 0 Å². The number of hydrogen-bond donors (Lipinski definition) is 5. The molecule has 0 spiro atoms. The molecule has 0 unspecified atom stereocenters. The van der Waals surface area contributed by atoms with Crippen LogP contribution in [0.5, 0.6) is 0 Å². The van der Waals surface area contributed by atoms with Gasteiger partial charge < -0.3 is 50.1 Å². The molecule has 0 radical (unpaired) electrons. The van der Waals surface area contributed by atoms with Crippen molar-refractivity contribution < 1.29 is 57.6 Å². The number of benzene rings is 2. The Morgan fingerprint density at radius 3 is 1.33 bits per heavy atom. The van der Waals surface area contributed by atoms with Crippen molar-refractivity contribution in [2.75, 3.05) is 20.8 Å². The van der Waals surface area contributed by atoms with E-state index < -0.39 is 63.3 Å². The summed E-state index contributed by atoms with van der Waals surface area (Å²) in [5.41, 5.74) is -6.18. The summed E-state index contributed by atoms with van der Waals surface area (Å²) in [7, 11) is 2.39. The highest BCUT2D eigenvalue weighted by atomic mass is 16.6. The number of rotatable bonds is 16. The van der Waals surface area contributed by atoms with E-state index in [1.165, 1.54) is 26.6 Å². The topological polar surface area (TPSA) is 225 Å². The lowest BCUT2D eigenvalue weighted by Gasteiger charge is -2.36. The fourth-order valence-electron chi connectivity index (χ4n) is 7.79. The van der Waals surface area contributed by atoms with E-state index in [1.54, 1.807) is 90.1 Å². The molecule has 16 nitrogen and oxygen atoms in total. The number of esters is 2. The minimum Gasteiger partial charge on any atom is -0.467 e. The van der Waals surface area contributed by atoms with Crippen molar-refractivity contribution in [2.24, 2.45) is 11.8 Å². The molecule has 64 heavy (non-hydrogen) atoms. The molecule has 2 aromatic rings. The molecule has 16 heteroatoms. The monoisotopic (exact) mass is 890 g/mol. The number of ether oxygens (including phenoxy) is 4. The van der Waals surface area contributed by atoms with Crippen LogP contribution in [-0.2, 0) is 55.8 Å². The van der Waals surface area contributed by atoms with Gasteiger partial charge in [0.05, 0.1) is 25.4 Å². The first kappa shape index (κ1) is 52.3. The van der Waals surface area contributed by atoms with Gasteiger partial charge in [0.15, 0.2) is 22.6 Å². The van der Waals surface area contributed by atoms with Crippen LogP contribution in [0, 0.1) is 11.8 Å². The summed E-state index contributed by atoms with van der Waals surface area (Å²) in [6.45, 7) is 17.3. The van der Waals surface area contributed by atoms with Crippen molar-refractivity contribution in [2.45, 2.75) is 128 Å². The molecule has 0 saturated heterocycles. The highest BCUT2D eigenvalue weighted by Gasteiger charge is 2.58. The van der Waals surface area contributed by atoms with E-state index >= 15 is 0 Å². The number of amides is 2. The van der Waals surface area contributed by atoms with E-state index in [9.17, 15) is 38.7 Å². The van der Waals surface area contributed by atoms with Gasteiger partial charge in [0.2, 0.25) is 0 Å². The van der Waals surface area contributed by atoms with Crippen molar-refractivity contribution >= 4 is 42.0 Å². The number of ketones is 2. The quantitative estimate of drug-likeness (QED) is 0.0830. The number of aliphatic hydroxyl groups excluding tert-OH is 1. The Labute approximate surface area is 376 Å². The summed E-state index contributed by atoms with van der Waals surface area (Å²) < 4.78 is 21.0. The van der Waals surface area contributed by atoms with Gasteiger partial charge in [-0.1, -0.05) is 88.4 Å². The fourth-order valence-corrected chi connectivity index (χ4v) is 7.79. The number of nitrogens with one attached hydrogen (secondary N) is 4. The maximum absolute atomic E-state index is 13.7. The molecule has 350 valence electrons. The maximum atomic E-state index is 13.7. The molecular weight excluding hydrogens is 825 g/mol. The number of carbonyl (C=O) groups is 7. The summed E-state index contributed by atoms with van der Waals surface area (Å²) in [6.07, 6.45) is 1.80. The predicted octanol–water partition coefficient (Wildman–Crippen LogP) is 5.20. The third-order valence-corrected chi connectivity index (χ3v) is 11.2. The number of aldehydes is 1. The van der Waals surface area contributed by atoms with E-state index in [4.69, 9.17) is 18.9 Å². The Balaban J connectivity index is 0.000000340. The van der Waals surface area contributed by atoms with Gasteiger partial charge in [-0.2, -0.15) is 0 Å². The average molecular weight is 891 g/mol. The zero-order chi connectivity index (χ0) is 48.3. The van der Waals surface area contributed by atoms with Gasteiger partial charge in [0.1, 0.15) is 28.6 Å². The largest absolute Gasteiger partial charge is 0.467 e. The summed E-state index contributed by atoms with van der Waals surface area (Å²) in [4.78, 5) is 90.9. The van der Waals surface area contributed by atoms with Crippen LogP contribution in [0.1, 0.15) is 93.2 Å². The lowest BCUT2D eigenvalue weighted by atomic mass is 9.74. The minimum atomic E-state index is -1.86. The molecule has 0 aromatic heterocycles. The zero-order valence-electron chi connectivity index (χ0n) is 39.1. The Kier molecular flexibility index (Phi) is 17.2. The van der Waals surface area contributed by atoms with Gasteiger partial charge in [-0.15, -0.1) is 0 Å². The molecule has 5 N–H and O–H groups in total. The highest BCUT2D eigenvalue weighted by molar-refractivity contribution is 6.14. The van der Waals surface area contributed by atoms with Gasteiger partial charge in [-0.25, -0.2) is 19.2 Å². The number of Topliss-reactive ketones (excluding diaryl/α,β-unsaturated/α-hetero) is 2. The van der Waals surface area contributed by atoms with Crippen molar-refractivity contribution in [3.8, 4) is 0 Å². The average Bonchev–Trinajstić information content (AvgIpc) is 3.73. The maximum Gasteiger partial charge on any atom is 0.408 e. The lowest BCUT2D eigenvalue weighted by Crippen LogP contribution is -2.61. The summed E-state index contributed by atoms with van der Waals surface area (Å²) in [5, 5.41) is 21.0. The van der Waals surface area contributed by atoms with Crippen LogP contribution in [-0.4, -0.2) is 101 Å². The van der Waals surface area contributed by atoms with Crippen LogP contribution >= 0.6 is 0 Å². The predicted molar refractivity (Wildman–Crippen MR) is 238 cm³/mol.